The van der Waals surface area contributed by atoms with Gasteiger partial charge in [-0.05, 0) is 26.8 Å². The summed E-state index contributed by atoms with van der Waals surface area (Å²) >= 11 is 0. The Kier molecular flexibility index (Phi) is 2.22. The van der Waals surface area contributed by atoms with E-state index < -0.39 is 0 Å². The largest absolute Gasteiger partial charge is 0.367 e. The molecule has 0 fully saturated rings. The summed E-state index contributed by atoms with van der Waals surface area (Å²) in [6.07, 6.45) is 3.42. The molecule has 1 aromatic heterocycles. The SMILES string of the molecule is CC(C)(C)NC(=O)c1cc[nH]c1. The molecule has 3 nitrogen and oxygen atoms in total. The first-order chi connectivity index (χ1) is 5.49. The Labute approximate surface area is 72.2 Å². The molecule has 1 heterocycles. The van der Waals surface area contributed by atoms with Gasteiger partial charge in [-0.1, -0.05) is 0 Å². The number of carbonyl (C=O) groups excluding carboxylic acids is 1. The highest BCUT2D eigenvalue weighted by Gasteiger charge is 2.14. The van der Waals surface area contributed by atoms with Crippen molar-refractivity contribution in [1.82, 2.24) is 10.3 Å². The third kappa shape index (κ3) is 2.42. The Balaban J connectivity index is 2.63. The van der Waals surface area contributed by atoms with E-state index in [9.17, 15) is 4.79 Å². The predicted molar refractivity (Wildman–Crippen MR) is 48.0 cm³/mol. The van der Waals surface area contributed by atoms with Gasteiger partial charge < -0.3 is 10.3 Å². The summed E-state index contributed by atoms with van der Waals surface area (Å²) in [5.41, 5.74) is 0.499. The second-order valence-corrected chi connectivity index (χ2v) is 3.80. The summed E-state index contributed by atoms with van der Waals surface area (Å²) < 4.78 is 0. The van der Waals surface area contributed by atoms with Gasteiger partial charge in [0.15, 0.2) is 0 Å². The lowest BCUT2D eigenvalue weighted by Gasteiger charge is -2.19. The lowest BCUT2D eigenvalue weighted by Crippen LogP contribution is -2.40. The van der Waals surface area contributed by atoms with Crippen molar-refractivity contribution in [1.29, 1.82) is 0 Å². The molecule has 0 aliphatic heterocycles. The Morgan fingerprint density at radius 1 is 1.50 bits per heavy atom. The number of aromatic nitrogens is 1. The fraction of sp³-hybridized carbons (Fsp3) is 0.444. The van der Waals surface area contributed by atoms with Gasteiger partial charge >= 0.3 is 0 Å². The molecule has 1 aromatic rings. The normalized spacial score (nSPS) is 11.2. The van der Waals surface area contributed by atoms with Crippen molar-refractivity contribution in [3.8, 4) is 0 Å². The van der Waals surface area contributed by atoms with Gasteiger partial charge in [-0.25, -0.2) is 0 Å². The van der Waals surface area contributed by atoms with Gasteiger partial charge in [0.1, 0.15) is 0 Å². The maximum atomic E-state index is 11.4. The number of hydrogen-bond donors (Lipinski definition) is 2. The van der Waals surface area contributed by atoms with Crippen LogP contribution in [0.25, 0.3) is 0 Å². The van der Waals surface area contributed by atoms with Crippen LogP contribution in [-0.4, -0.2) is 16.4 Å². The van der Waals surface area contributed by atoms with Gasteiger partial charge in [-0.15, -0.1) is 0 Å². The molecule has 0 atom stereocenters. The molecule has 12 heavy (non-hydrogen) atoms. The van der Waals surface area contributed by atoms with Crippen molar-refractivity contribution in [3.63, 3.8) is 0 Å². The van der Waals surface area contributed by atoms with E-state index in [2.05, 4.69) is 10.3 Å². The minimum Gasteiger partial charge on any atom is -0.367 e. The maximum absolute atomic E-state index is 11.4. The molecule has 0 saturated heterocycles. The lowest BCUT2D eigenvalue weighted by atomic mass is 10.1. The van der Waals surface area contributed by atoms with Crippen molar-refractivity contribution < 1.29 is 4.79 Å². The monoisotopic (exact) mass is 166 g/mol. The molecule has 0 radical (unpaired) electrons. The lowest BCUT2D eigenvalue weighted by molar-refractivity contribution is 0.0920. The van der Waals surface area contributed by atoms with Gasteiger partial charge in [0, 0.05) is 17.9 Å². The zero-order valence-electron chi connectivity index (χ0n) is 7.64. The van der Waals surface area contributed by atoms with E-state index in [4.69, 9.17) is 0 Å². The summed E-state index contributed by atoms with van der Waals surface area (Å²) in [5.74, 6) is -0.0382. The molecule has 2 N–H and O–H groups in total. The van der Waals surface area contributed by atoms with Gasteiger partial charge in [-0.2, -0.15) is 0 Å². The highest BCUT2D eigenvalue weighted by Crippen LogP contribution is 2.02. The minimum atomic E-state index is -0.172. The zero-order valence-corrected chi connectivity index (χ0v) is 7.64. The van der Waals surface area contributed by atoms with Crippen LogP contribution in [0.2, 0.25) is 0 Å². The number of nitrogens with one attached hydrogen (secondary N) is 2. The molecule has 0 unspecified atom stereocenters. The van der Waals surface area contributed by atoms with Gasteiger partial charge in [0.05, 0.1) is 5.56 Å². The van der Waals surface area contributed by atoms with Crippen LogP contribution in [0.3, 0.4) is 0 Å². The van der Waals surface area contributed by atoms with E-state index in [1.807, 2.05) is 20.8 Å². The second-order valence-electron chi connectivity index (χ2n) is 3.80. The van der Waals surface area contributed by atoms with E-state index in [0.717, 1.165) is 0 Å². The molecule has 66 valence electrons. The first-order valence-corrected chi connectivity index (χ1v) is 3.94. The second kappa shape index (κ2) is 3.01. The number of carbonyl (C=O) groups is 1. The van der Waals surface area contributed by atoms with Crippen LogP contribution in [0.5, 0.6) is 0 Å². The first kappa shape index (κ1) is 8.84. The number of H-pyrrole nitrogens is 1. The first-order valence-electron chi connectivity index (χ1n) is 3.94. The quantitative estimate of drug-likeness (QED) is 0.653. The molecule has 0 bridgehead atoms. The van der Waals surface area contributed by atoms with Crippen molar-refractivity contribution in [2.45, 2.75) is 26.3 Å². The molecular formula is C9H14N2O. The molecule has 0 aliphatic rings. The smallest absolute Gasteiger partial charge is 0.253 e. The fourth-order valence-electron chi connectivity index (χ4n) is 0.878. The fourth-order valence-corrected chi connectivity index (χ4v) is 0.878. The topological polar surface area (TPSA) is 44.9 Å². The van der Waals surface area contributed by atoms with Crippen LogP contribution in [0.4, 0.5) is 0 Å². The zero-order chi connectivity index (χ0) is 9.19. The summed E-state index contributed by atoms with van der Waals surface area (Å²) in [6, 6.07) is 1.75. The van der Waals surface area contributed by atoms with E-state index >= 15 is 0 Å². The van der Waals surface area contributed by atoms with Crippen molar-refractivity contribution >= 4 is 5.91 Å². The summed E-state index contributed by atoms with van der Waals surface area (Å²) in [4.78, 5) is 14.2. The predicted octanol–water partition coefficient (Wildman–Crippen LogP) is 1.54. The Morgan fingerprint density at radius 2 is 2.17 bits per heavy atom. The summed E-state index contributed by atoms with van der Waals surface area (Å²) in [5, 5.41) is 2.86. The number of aromatic amines is 1. The van der Waals surface area contributed by atoms with E-state index in [0.29, 0.717) is 5.56 Å². The van der Waals surface area contributed by atoms with Crippen LogP contribution in [0.15, 0.2) is 18.5 Å². The molecule has 1 rings (SSSR count). The van der Waals surface area contributed by atoms with Crippen molar-refractivity contribution in [2.24, 2.45) is 0 Å². The summed E-state index contributed by atoms with van der Waals surface area (Å²) in [7, 11) is 0. The molecule has 0 saturated carbocycles. The average molecular weight is 166 g/mol. The van der Waals surface area contributed by atoms with Crippen LogP contribution in [-0.2, 0) is 0 Å². The molecule has 3 heteroatoms. The Hall–Kier alpha value is -1.25. The van der Waals surface area contributed by atoms with E-state index in [1.54, 1.807) is 18.5 Å². The van der Waals surface area contributed by atoms with Crippen LogP contribution < -0.4 is 5.32 Å². The molecule has 1 amide bonds. The molecule has 0 spiro atoms. The number of amides is 1. The number of rotatable bonds is 1. The average Bonchev–Trinajstić information content (AvgIpc) is 2.32. The molecule has 0 aliphatic carbocycles. The summed E-state index contributed by atoms with van der Waals surface area (Å²) in [6.45, 7) is 5.87. The third-order valence-corrected chi connectivity index (χ3v) is 1.35. The third-order valence-electron chi connectivity index (χ3n) is 1.35. The molecular weight excluding hydrogens is 152 g/mol. The van der Waals surface area contributed by atoms with Gasteiger partial charge in [0.2, 0.25) is 0 Å². The standard InChI is InChI=1S/C9H14N2O/c1-9(2,3)11-8(12)7-4-5-10-6-7/h4-6,10H,1-3H3,(H,11,12). The van der Waals surface area contributed by atoms with Crippen LogP contribution >= 0.6 is 0 Å². The maximum Gasteiger partial charge on any atom is 0.253 e. The van der Waals surface area contributed by atoms with Crippen LogP contribution in [0, 0.1) is 0 Å². The van der Waals surface area contributed by atoms with Gasteiger partial charge in [0.25, 0.3) is 5.91 Å². The number of hydrogen-bond acceptors (Lipinski definition) is 1. The van der Waals surface area contributed by atoms with Crippen molar-refractivity contribution in [3.05, 3.63) is 24.0 Å². The van der Waals surface area contributed by atoms with E-state index in [1.165, 1.54) is 0 Å². The van der Waals surface area contributed by atoms with Gasteiger partial charge in [-0.3, -0.25) is 4.79 Å². The van der Waals surface area contributed by atoms with E-state index in [-0.39, 0.29) is 11.4 Å². The minimum absolute atomic E-state index is 0.0382. The van der Waals surface area contributed by atoms with Crippen LogP contribution in [0.1, 0.15) is 31.1 Å². The van der Waals surface area contributed by atoms with Crippen molar-refractivity contribution in [2.75, 3.05) is 0 Å². The molecule has 0 aromatic carbocycles. The Morgan fingerprint density at radius 3 is 2.58 bits per heavy atom. The highest BCUT2D eigenvalue weighted by molar-refractivity contribution is 5.94. The Bertz CT molecular complexity index is 257. The highest BCUT2D eigenvalue weighted by atomic mass is 16.1.